The number of halogens is 2. The summed E-state index contributed by atoms with van der Waals surface area (Å²) in [4.78, 5) is 0. The number of alkyl halides is 2. The van der Waals surface area contributed by atoms with Gasteiger partial charge in [-0.1, -0.05) is 30.3 Å². The summed E-state index contributed by atoms with van der Waals surface area (Å²) in [7, 11) is 0. The largest absolute Gasteiger partial charge is 0.385 e. The number of rotatable bonds is 3. The van der Waals surface area contributed by atoms with Gasteiger partial charge in [0.15, 0.2) is 0 Å². The Kier molecular flexibility index (Phi) is 3.97. The van der Waals surface area contributed by atoms with E-state index in [1.165, 1.54) is 0 Å². The average molecular weight is 255 g/mol. The molecule has 0 saturated heterocycles. The summed E-state index contributed by atoms with van der Waals surface area (Å²) in [5.74, 6) is -2.97. The van der Waals surface area contributed by atoms with Gasteiger partial charge in [-0.15, -0.1) is 0 Å². The third kappa shape index (κ3) is 2.87. The Morgan fingerprint density at radius 2 is 2.00 bits per heavy atom. The van der Waals surface area contributed by atoms with E-state index in [1.807, 2.05) is 37.3 Å². The maximum atomic E-state index is 13.4. The van der Waals surface area contributed by atoms with Gasteiger partial charge in [0.05, 0.1) is 0 Å². The van der Waals surface area contributed by atoms with Crippen molar-refractivity contribution in [2.75, 3.05) is 0 Å². The molecule has 0 radical (unpaired) electrons. The van der Waals surface area contributed by atoms with Gasteiger partial charge < -0.3 is 10.4 Å². The highest BCUT2D eigenvalue weighted by Crippen LogP contribution is 2.34. The Morgan fingerprint density at radius 3 is 2.67 bits per heavy atom. The molecule has 4 heteroatoms. The fraction of sp³-hybridized carbons (Fsp3) is 0.571. The minimum absolute atomic E-state index is 0.0419. The molecular weight excluding hydrogens is 236 g/mol. The van der Waals surface area contributed by atoms with Crippen molar-refractivity contribution in [3.05, 3.63) is 35.9 Å². The summed E-state index contributed by atoms with van der Waals surface area (Å²) in [6, 6.07) is 9.07. The number of aliphatic hydroxyl groups excluding tert-OH is 1. The molecule has 3 atom stereocenters. The molecule has 1 fully saturated rings. The number of hydrogen-bond donors (Lipinski definition) is 2. The maximum absolute atomic E-state index is 13.4. The highest BCUT2D eigenvalue weighted by Gasteiger charge is 2.46. The van der Waals surface area contributed by atoms with Crippen molar-refractivity contribution in [2.45, 2.75) is 50.3 Å². The third-order valence-electron chi connectivity index (χ3n) is 3.60. The predicted molar refractivity (Wildman–Crippen MR) is 66.6 cm³/mol. The molecular formula is C14H19F2NO. The molecule has 18 heavy (non-hydrogen) atoms. The SMILES string of the molecule is CC(N[C@@H]1CCCC(F)(F)[C@H]1O)c1ccccc1. The van der Waals surface area contributed by atoms with Crippen molar-refractivity contribution in [1.82, 2.24) is 5.32 Å². The molecule has 0 heterocycles. The van der Waals surface area contributed by atoms with Gasteiger partial charge in [-0.05, 0) is 25.3 Å². The molecule has 0 spiro atoms. The van der Waals surface area contributed by atoms with Crippen LogP contribution in [0.5, 0.6) is 0 Å². The van der Waals surface area contributed by atoms with Crippen LogP contribution in [0.3, 0.4) is 0 Å². The maximum Gasteiger partial charge on any atom is 0.274 e. The molecule has 1 aliphatic carbocycles. The number of hydrogen-bond acceptors (Lipinski definition) is 2. The average Bonchev–Trinajstić information content (AvgIpc) is 2.36. The highest BCUT2D eigenvalue weighted by molar-refractivity contribution is 5.18. The van der Waals surface area contributed by atoms with Crippen LogP contribution < -0.4 is 5.32 Å². The Labute approximate surface area is 106 Å². The van der Waals surface area contributed by atoms with Crippen molar-refractivity contribution in [3.8, 4) is 0 Å². The van der Waals surface area contributed by atoms with E-state index in [2.05, 4.69) is 5.32 Å². The molecule has 0 aromatic heterocycles. The summed E-state index contributed by atoms with van der Waals surface area (Å²) in [6.45, 7) is 1.93. The lowest BCUT2D eigenvalue weighted by molar-refractivity contribution is -0.144. The summed E-state index contributed by atoms with van der Waals surface area (Å²) < 4.78 is 26.8. The van der Waals surface area contributed by atoms with Gasteiger partial charge in [0.25, 0.3) is 5.92 Å². The first-order valence-electron chi connectivity index (χ1n) is 6.37. The Hall–Kier alpha value is -1.00. The standard InChI is InChI=1S/C14H19F2NO/c1-10(11-6-3-2-4-7-11)17-12-8-5-9-14(15,16)13(12)18/h2-4,6-7,10,12-13,17-18H,5,8-9H2,1H3/t10?,12-,13+/m1/s1. The molecule has 0 aliphatic heterocycles. The second kappa shape index (κ2) is 5.33. The van der Waals surface area contributed by atoms with Crippen molar-refractivity contribution >= 4 is 0 Å². The predicted octanol–water partition coefficient (Wildman–Crippen LogP) is 2.89. The normalized spacial score (nSPS) is 28.9. The summed E-state index contributed by atoms with van der Waals surface area (Å²) >= 11 is 0. The van der Waals surface area contributed by atoms with Crippen LogP contribution in [-0.2, 0) is 0 Å². The van der Waals surface area contributed by atoms with E-state index >= 15 is 0 Å². The minimum atomic E-state index is -2.97. The van der Waals surface area contributed by atoms with E-state index in [0.29, 0.717) is 12.8 Å². The van der Waals surface area contributed by atoms with Crippen LogP contribution in [-0.4, -0.2) is 23.2 Å². The number of nitrogens with one attached hydrogen (secondary N) is 1. The van der Waals surface area contributed by atoms with Gasteiger partial charge in [0.2, 0.25) is 0 Å². The lowest BCUT2D eigenvalue weighted by atomic mass is 9.88. The lowest BCUT2D eigenvalue weighted by Gasteiger charge is -2.36. The van der Waals surface area contributed by atoms with Gasteiger partial charge in [-0.25, -0.2) is 8.78 Å². The van der Waals surface area contributed by atoms with Crippen LogP contribution in [0.2, 0.25) is 0 Å². The molecule has 100 valence electrons. The Balaban J connectivity index is 2.01. The molecule has 1 aromatic carbocycles. The zero-order valence-corrected chi connectivity index (χ0v) is 10.4. The topological polar surface area (TPSA) is 32.3 Å². The van der Waals surface area contributed by atoms with Crippen molar-refractivity contribution in [3.63, 3.8) is 0 Å². The molecule has 2 rings (SSSR count). The number of aliphatic hydroxyl groups is 1. The zero-order chi connectivity index (χ0) is 13.2. The van der Waals surface area contributed by atoms with Gasteiger partial charge in [-0.2, -0.15) is 0 Å². The Bertz CT molecular complexity index is 383. The molecule has 2 nitrogen and oxygen atoms in total. The van der Waals surface area contributed by atoms with Gasteiger partial charge >= 0.3 is 0 Å². The molecule has 2 N–H and O–H groups in total. The van der Waals surface area contributed by atoms with Gasteiger partial charge in [0, 0.05) is 18.5 Å². The van der Waals surface area contributed by atoms with E-state index in [-0.39, 0.29) is 12.5 Å². The first-order valence-corrected chi connectivity index (χ1v) is 6.37. The smallest absolute Gasteiger partial charge is 0.274 e. The molecule has 1 saturated carbocycles. The lowest BCUT2D eigenvalue weighted by Crippen LogP contribution is -2.53. The monoisotopic (exact) mass is 255 g/mol. The van der Waals surface area contributed by atoms with Crippen LogP contribution in [0.1, 0.15) is 37.8 Å². The Morgan fingerprint density at radius 1 is 1.33 bits per heavy atom. The van der Waals surface area contributed by atoms with Crippen molar-refractivity contribution in [2.24, 2.45) is 0 Å². The highest BCUT2D eigenvalue weighted by atomic mass is 19.3. The van der Waals surface area contributed by atoms with Gasteiger partial charge in [0.1, 0.15) is 6.10 Å². The van der Waals surface area contributed by atoms with E-state index < -0.39 is 18.1 Å². The van der Waals surface area contributed by atoms with E-state index in [9.17, 15) is 13.9 Å². The first-order chi connectivity index (χ1) is 8.50. The second-order valence-corrected chi connectivity index (χ2v) is 5.00. The van der Waals surface area contributed by atoms with Crippen LogP contribution in [0.4, 0.5) is 8.78 Å². The quantitative estimate of drug-likeness (QED) is 0.870. The summed E-state index contributed by atoms with van der Waals surface area (Å²) in [6.07, 6.45) is -0.763. The van der Waals surface area contributed by atoms with Crippen LogP contribution in [0.25, 0.3) is 0 Å². The zero-order valence-electron chi connectivity index (χ0n) is 10.4. The van der Waals surface area contributed by atoms with Crippen molar-refractivity contribution < 1.29 is 13.9 Å². The summed E-state index contributed by atoms with van der Waals surface area (Å²) in [5.41, 5.74) is 1.04. The summed E-state index contributed by atoms with van der Waals surface area (Å²) in [5, 5.41) is 12.8. The van der Waals surface area contributed by atoms with Crippen LogP contribution >= 0.6 is 0 Å². The van der Waals surface area contributed by atoms with E-state index in [1.54, 1.807) is 0 Å². The third-order valence-corrected chi connectivity index (χ3v) is 3.60. The molecule has 1 unspecified atom stereocenters. The van der Waals surface area contributed by atoms with E-state index in [4.69, 9.17) is 0 Å². The van der Waals surface area contributed by atoms with Crippen LogP contribution in [0, 0.1) is 0 Å². The number of benzene rings is 1. The molecule has 0 bridgehead atoms. The van der Waals surface area contributed by atoms with Crippen LogP contribution in [0.15, 0.2) is 30.3 Å². The van der Waals surface area contributed by atoms with E-state index in [0.717, 1.165) is 5.56 Å². The fourth-order valence-corrected chi connectivity index (χ4v) is 2.49. The first kappa shape index (κ1) is 13.4. The molecule has 1 aromatic rings. The second-order valence-electron chi connectivity index (χ2n) is 5.00. The fourth-order valence-electron chi connectivity index (χ4n) is 2.49. The molecule has 0 amide bonds. The minimum Gasteiger partial charge on any atom is -0.385 e. The molecule has 1 aliphatic rings. The van der Waals surface area contributed by atoms with Gasteiger partial charge in [-0.3, -0.25) is 0 Å². The van der Waals surface area contributed by atoms with Crippen molar-refractivity contribution in [1.29, 1.82) is 0 Å².